The Hall–Kier alpha value is -2.80. The molecular formula is C25H28N4O2S. The summed E-state index contributed by atoms with van der Waals surface area (Å²) in [5.41, 5.74) is 1.04. The summed E-state index contributed by atoms with van der Waals surface area (Å²) in [7, 11) is 0. The van der Waals surface area contributed by atoms with E-state index in [9.17, 15) is 9.59 Å². The standard InChI is InChI=1S/C25H28N4O2S/c30-24-22(16-18-6-2-1-3-7-18)32-21-10-9-19(17-20(21)27-24)25(31)29-14-12-28(13-15-29)23-8-4-5-11-26-23/h1-8,11,16,19-21H,9-10,12-15,17H2,(H,27,30)/b22-16-. The lowest BCUT2D eigenvalue weighted by atomic mass is 9.84. The molecule has 1 saturated carbocycles. The van der Waals surface area contributed by atoms with Gasteiger partial charge in [0.05, 0.1) is 4.91 Å². The fourth-order valence-electron chi connectivity index (χ4n) is 4.87. The number of anilines is 1. The van der Waals surface area contributed by atoms with Crippen molar-refractivity contribution in [2.45, 2.75) is 30.6 Å². The summed E-state index contributed by atoms with van der Waals surface area (Å²) in [5.74, 6) is 1.20. The van der Waals surface area contributed by atoms with Crippen LogP contribution < -0.4 is 10.2 Å². The fraction of sp³-hybridized carbons (Fsp3) is 0.400. The molecule has 1 aromatic heterocycles. The molecule has 2 amide bonds. The van der Waals surface area contributed by atoms with Crippen LogP contribution in [0.5, 0.6) is 0 Å². The molecule has 5 rings (SSSR count). The van der Waals surface area contributed by atoms with Crippen LogP contribution in [0.1, 0.15) is 24.8 Å². The van der Waals surface area contributed by atoms with Crippen molar-refractivity contribution in [2.75, 3.05) is 31.1 Å². The van der Waals surface area contributed by atoms with Gasteiger partial charge in [-0.2, -0.15) is 0 Å². The maximum Gasteiger partial charge on any atom is 0.257 e. The van der Waals surface area contributed by atoms with E-state index in [1.165, 1.54) is 0 Å². The van der Waals surface area contributed by atoms with Crippen LogP contribution in [0.3, 0.4) is 0 Å². The van der Waals surface area contributed by atoms with Crippen LogP contribution >= 0.6 is 11.8 Å². The van der Waals surface area contributed by atoms with Crippen LogP contribution in [-0.4, -0.2) is 59.2 Å². The van der Waals surface area contributed by atoms with Gasteiger partial charge in [0.1, 0.15) is 5.82 Å². The Morgan fingerprint density at radius 1 is 1.03 bits per heavy atom. The lowest BCUT2D eigenvalue weighted by Gasteiger charge is -2.42. The van der Waals surface area contributed by atoms with Crippen molar-refractivity contribution in [2.24, 2.45) is 5.92 Å². The van der Waals surface area contributed by atoms with Gasteiger partial charge >= 0.3 is 0 Å². The molecule has 1 N–H and O–H groups in total. The quantitative estimate of drug-likeness (QED) is 0.731. The van der Waals surface area contributed by atoms with E-state index in [1.54, 1.807) is 11.8 Å². The molecule has 6 nitrogen and oxygen atoms in total. The number of nitrogens with zero attached hydrogens (tertiary/aromatic N) is 3. The van der Waals surface area contributed by atoms with Crippen LogP contribution in [0.15, 0.2) is 59.6 Å². The van der Waals surface area contributed by atoms with E-state index in [-0.39, 0.29) is 23.8 Å². The van der Waals surface area contributed by atoms with E-state index in [1.807, 2.05) is 65.7 Å². The van der Waals surface area contributed by atoms with Gasteiger partial charge in [0.25, 0.3) is 5.91 Å². The molecule has 3 atom stereocenters. The van der Waals surface area contributed by atoms with Crippen LogP contribution in [-0.2, 0) is 9.59 Å². The van der Waals surface area contributed by atoms with Crippen molar-refractivity contribution in [3.05, 3.63) is 65.2 Å². The lowest BCUT2D eigenvalue weighted by Crippen LogP contribution is -2.54. The molecule has 3 aliphatic rings. The molecule has 3 unspecified atom stereocenters. The maximum absolute atomic E-state index is 13.2. The second-order valence-electron chi connectivity index (χ2n) is 8.67. The van der Waals surface area contributed by atoms with Crippen molar-refractivity contribution in [3.8, 4) is 0 Å². The van der Waals surface area contributed by atoms with Crippen molar-refractivity contribution in [3.63, 3.8) is 0 Å². The van der Waals surface area contributed by atoms with E-state index in [4.69, 9.17) is 0 Å². The van der Waals surface area contributed by atoms with Gasteiger partial charge in [0.2, 0.25) is 5.91 Å². The molecule has 3 heterocycles. The normalized spacial score (nSPS) is 27.1. The third-order valence-corrected chi connectivity index (χ3v) is 8.04. The number of rotatable bonds is 3. The van der Waals surface area contributed by atoms with E-state index in [0.29, 0.717) is 5.25 Å². The summed E-state index contributed by atoms with van der Waals surface area (Å²) in [4.78, 5) is 35.3. The Kier molecular flexibility index (Phi) is 6.17. The lowest BCUT2D eigenvalue weighted by molar-refractivity contribution is -0.137. The van der Waals surface area contributed by atoms with Crippen LogP contribution in [0, 0.1) is 5.92 Å². The van der Waals surface area contributed by atoms with Gasteiger partial charge in [-0.15, -0.1) is 11.8 Å². The first kappa shape index (κ1) is 21.1. The smallest absolute Gasteiger partial charge is 0.257 e. The number of fused-ring (bicyclic) bond motifs is 1. The number of aromatic nitrogens is 1. The molecule has 7 heteroatoms. The van der Waals surface area contributed by atoms with E-state index >= 15 is 0 Å². The molecule has 0 spiro atoms. The summed E-state index contributed by atoms with van der Waals surface area (Å²) in [5, 5.41) is 3.53. The highest BCUT2D eigenvalue weighted by atomic mass is 32.2. The molecule has 0 bridgehead atoms. The first-order chi connectivity index (χ1) is 15.7. The summed E-state index contributed by atoms with van der Waals surface area (Å²) in [6, 6.07) is 16.0. The second-order valence-corrected chi connectivity index (χ2v) is 9.95. The Morgan fingerprint density at radius 3 is 2.56 bits per heavy atom. The van der Waals surface area contributed by atoms with Crippen molar-refractivity contribution in [1.82, 2.24) is 15.2 Å². The zero-order valence-electron chi connectivity index (χ0n) is 18.0. The Morgan fingerprint density at radius 2 is 1.81 bits per heavy atom. The molecule has 166 valence electrons. The molecular weight excluding hydrogens is 420 g/mol. The monoisotopic (exact) mass is 448 g/mol. The highest BCUT2D eigenvalue weighted by Crippen LogP contribution is 2.40. The third-order valence-electron chi connectivity index (χ3n) is 6.62. The zero-order chi connectivity index (χ0) is 21.9. The Labute approximate surface area is 193 Å². The molecule has 2 saturated heterocycles. The molecule has 1 aromatic carbocycles. The van der Waals surface area contributed by atoms with Gasteiger partial charge in [-0.25, -0.2) is 4.98 Å². The first-order valence-electron chi connectivity index (χ1n) is 11.4. The van der Waals surface area contributed by atoms with Crippen LogP contribution in [0.25, 0.3) is 6.08 Å². The van der Waals surface area contributed by atoms with Gasteiger partial charge in [-0.1, -0.05) is 36.4 Å². The van der Waals surface area contributed by atoms with E-state index in [2.05, 4.69) is 15.2 Å². The number of piperazine rings is 1. The number of benzene rings is 1. The number of pyridine rings is 1. The minimum atomic E-state index is -0.0165. The number of carbonyl (C=O) groups excluding carboxylic acids is 2. The number of hydrogen-bond acceptors (Lipinski definition) is 5. The number of carbonyl (C=O) groups is 2. The van der Waals surface area contributed by atoms with Crippen LogP contribution in [0.2, 0.25) is 0 Å². The summed E-state index contributed by atoms with van der Waals surface area (Å²) < 4.78 is 0. The van der Waals surface area contributed by atoms with Crippen molar-refractivity contribution < 1.29 is 9.59 Å². The Bertz CT molecular complexity index is 990. The molecule has 3 fully saturated rings. The third kappa shape index (κ3) is 4.53. The van der Waals surface area contributed by atoms with E-state index in [0.717, 1.165) is 61.7 Å². The Balaban J connectivity index is 1.17. The van der Waals surface area contributed by atoms with Gasteiger partial charge in [0, 0.05) is 49.6 Å². The average molecular weight is 449 g/mol. The minimum Gasteiger partial charge on any atom is -0.353 e. The number of hydrogen-bond donors (Lipinski definition) is 1. The minimum absolute atomic E-state index is 0.00166. The largest absolute Gasteiger partial charge is 0.353 e. The molecule has 2 aromatic rings. The van der Waals surface area contributed by atoms with Gasteiger partial charge in [0.15, 0.2) is 0 Å². The maximum atomic E-state index is 13.2. The summed E-state index contributed by atoms with van der Waals surface area (Å²) in [6.07, 6.45) is 6.35. The van der Waals surface area contributed by atoms with Crippen molar-refractivity contribution >= 4 is 35.5 Å². The van der Waals surface area contributed by atoms with Gasteiger partial charge in [-0.3, -0.25) is 9.59 Å². The topological polar surface area (TPSA) is 65.5 Å². The summed E-state index contributed by atoms with van der Waals surface area (Å²) >= 11 is 1.68. The SMILES string of the molecule is O=C1NC2CC(C(=O)N3CCN(c4ccccn4)CC3)CCC2S/C1=C\c1ccccc1. The molecule has 32 heavy (non-hydrogen) atoms. The van der Waals surface area contributed by atoms with E-state index < -0.39 is 0 Å². The zero-order valence-corrected chi connectivity index (χ0v) is 18.8. The molecule has 2 aliphatic heterocycles. The van der Waals surface area contributed by atoms with Gasteiger partial charge in [-0.05, 0) is 43.0 Å². The van der Waals surface area contributed by atoms with Crippen LogP contribution in [0.4, 0.5) is 5.82 Å². The highest BCUT2D eigenvalue weighted by Gasteiger charge is 2.41. The van der Waals surface area contributed by atoms with Gasteiger partial charge < -0.3 is 15.1 Å². The number of thioether (sulfide) groups is 1. The second kappa shape index (κ2) is 9.36. The predicted octanol–water partition coefficient (Wildman–Crippen LogP) is 3.17. The molecule has 1 aliphatic carbocycles. The predicted molar refractivity (Wildman–Crippen MR) is 128 cm³/mol. The number of amides is 2. The number of nitrogens with one attached hydrogen (secondary N) is 1. The highest BCUT2D eigenvalue weighted by molar-refractivity contribution is 8.04. The summed E-state index contributed by atoms with van der Waals surface area (Å²) in [6.45, 7) is 3.07. The average Bonchev–Trinajstić information content (AvgIpc) is 2.85. The fourth-order valence-corrected chi connectivity index (χ4v) is 6.16. The van der Waals surface area contributed by atoms with Crippen molar-refractivity contribution in [1.29, 1.82) is 0 Å². The first-order valence-corrected chi connectivity index (χ1v) is 12.2. The molecule has 0 radical (unpaired) electrons.